The third kappa shape index (κ3) is 6.16. The smallest absolute Gasteiger partial charge is 0.407 e. The van der Waals surface area contributed by atoms with Crippen LogP contribution in [0.15, 0.2) is 36.7 Å². The fourth-order valence-electron chi connectivity index (χ4n) is 4.00. The Morgan fingerprint density at radius 3 is 2.63 bits per heavy atom. The SMILES string of the molecule is CC(=O)c1cnc2ccc(Cl)nc2c1Nc1ccc(N2CCCC(NC(=O)OC(C)(C)C)C2)nc1. The second-order valence-electron chi connectivity index (χ2n) is 9.57. The monoisotopic (exact) mass is 496 g/mol. The molecule has 10 heteroatoms. The summed E-state index contributed by atoms with van der Waals surface area (Å²) < 4.78 is 5.38. The van der Waals surface area contributed by atoms with Crippen molar-refractivity contribution in [3.63, 3.8) is 0 Å². The number of alkyl carbamates (subject to hydrolysis) is 1. The van der Waals surface area contributed by atoms with E-state index in [0.29, 0.717) is 39.7 Å². The van der Waals surface area contributed by atoms with Gasteiger partial charge >= 0.3 is 6.09 Å². The Hall–Kier alpha value is -3.46. The molecule has 0 aliphatic carbocycles. The molecule has 4 rings (SSSR count). The first-order valence-electron chi connectivity index (χ1n) is 11.5. The van der Waals surface area contributed by atoms with Gasteiger partial charge in [-0.3, -0.25) is 9.78 Å². The maximum atomic E-state index is 12.2. The van der Waals surface area contributed by atoms with Crippen LogP contribution in [0.1, 0.15) is 50.9 Å². The van der Waals surface area contributed by atoms with Crippen molar-refractivity contribution in [2.75, 3.05) is 23.3 Å². The molecule has 1 amide bonds. The lowest BCUT2D eigenvalue weighted by Gasteiger charge is -2.34. The van der Waals surface area contributed by atoms with Crippen molar-refractivity contribution in [2.24, 2.45) is 0 Å². The number of Topliss-reactive ketones (excluding diaryl/α,β-unsaturated/α-hetero) is 1. The highest BCUT2D eigenvalue weighted by Crippen LogP contribution is 2.30. The minimum absolute atomic E-state index is 0.0182. The van der Waals surface area contributed by atoms with Crippen molar-refractivity contribution in [1.29, 1.82) is 0 Å². The van der Waals surface area contributed by atoms with Crippen molar-refractivity contribution >= 4 is 51.7 Å². The third-order valence-electron chi connectivity index (χ3n) is 5.54. The van der Waals surface area contributed by atoms with Crippen molar-refractivity contribution < 1.29 is 14.3 Å². The molecular weight excluding hydrogens is 468 g/mol. The molecule has 3 aromatic heterocycles. The highest BCUT2D eigenvalue weighted by atomic mass is 35.5. The summed E-state index contributed by atoms with van der Waals surface area (Å²) in [5, 5.41) is 6.55. The standard InChI is InChI=1S/C25H29ClN6O3/c1-15(33)18-13-27-19-8-9-20(26)31-23(19)22(18)29-16-7-10-21(28-12-16)32-11-5-6-17(14-32)30-24(34)35-25(2,3)4/h7-10,12-13,17H,5-6,11,14H2,1-4H3,(H,27,29)(H,30,34). The van der Waals surface area contributed by atoms with Gasteiger partial charge in [0.25, 0.3) is 0 Å². The molecule has 9 nitrogen and oxygen atoms in total. The van der Waals surface area contributed by atoms with Gasteiger partial charge in [0.2, 0.25) is 0 Å². The van der Waals surface area contributed by atoms with Gasteiger partial charge in [-0.25, -0.2) is 14.8 Å². The van der Waals surface area contributed by atoms with E-state index in [1.54, 1.807) is 18.3 Å². The van der Waals surface area contributed by atoms with E-state index >= 15 is 0 Å². The summed E-state index contributed by atoms with van der Waals surface area (Å²) in [4.78, 5) is 39.8. The molecule has 1 atom stereocenters. The molecule has 35 heavy (non-hydrogen) atoms. The van der Waals surface area contributed by atoms with Crippen LogP contribution in [0.3, 0.4) is 0 Å². The molecule has 0 radical (unpaired) electrons. The number of anilines is 3. The average molecular weight is 497 g/mol. The summed E-state index contributed by atoms with van der Waals surface area (Å²) in [6.07, 6.45) is 4.65. The lowest BCUT2D eigenvalue weighted by atomic mass is 10.1. The Balaban J connectivity index is 1.50. The molecule has 1 aliphatic heterocycles. The van der Waals surface area contributed by atoms with Crippen LogP contribution in [0.4, 0.5) is 22.0 Å². The fraction of sp³-hybridized carbons (Fsp3) is 0.400. The number of nitrogens with zero attached hydrogens (tertiary/aromatic N) is 4. The maximum Gasteiger partial charge on any atom is 0.407 e. The number of rotatable bonds is 5. The molecule has 0 bridgehead atoms. The van der Waals surface area contributed by atoms with E-state index in [-0.39, 0.29) is 11.8 Å². The summed E-state index contributed by atoms with van der Waals surface area (Å²) in [6.45, 7) is 8.51. The third-order valence-corrected chi connectivity index (χ3v) is 5.75. The van der Waals surface area contributed by atoms with Gasteiger partial charge in [-0.2, -0.15) is 0 Å². The molecular formula is C25H29ClN6O3. The van der Waals surface area contributed by atoms with Crippen molar-refractivity contribution in [3.8, 4) is 0 Å². The van der Waals surface area contributed by atoms with Crippen LogP contribution in [-0.4, -0.2) is 51.6 Å². The van der Waals surface area contributed by atoms with Gasteiger partial charge in [0, 0.05) is 25.3 Å². The number of nitrogens with one attached hydrogen (secondary N) is 2. The molecule has 184 valence electrons. The van der Waals surface area contributed by atoms with Crippen LogP contribution in [-0.2, 0) is 4.74 Å². The number of halogens is 1. The Bertz CT molecular complexity index is 1240. The minimum Gasteiger partial charge on any atom is -0.444 e. The number of hydrogen-bond acceptors (Lipinski definition) is 8. The zero-order valence-electron chi connectivity index (χ0n) is 20.3. The first-order chi connectivity index (χ1) is 16.6. The normalized spacial score (nSPS) is 16.1. The van der Waals surface area contributed by atoms with E-state index in [1.807, 2.05) is 32.9 Å². The van der Waals surface area contributed by atoms with E-state index in [9.17, 15) is 9.59 Å². The number of ether oxygens (including phenoxy) is 1. The van der Waals surface area contributed by atoms with Gasteiger partial charge in [-0.15, -0.1) is 0 Å². The number of pyridine rings is 3. The molecule has 0 saturated carbocycles. The van der Waals surface area contributed by atoms with Gasteiger partial charge in [0.05, 0.1) is 28.7 Å². The molecule has 3 aromatic rings. The Morgan fingerprint density at radius 2 is 1.94 bits per heavy atom. The number of piperidine rings is 1. The average Bonchev–Trinajstić information content (AvgIpc) is 2.78. The van der Waals surface area contributed by atoms with Crippen LogP contribution < -0.4 is 15.5 Å². The Labute approximate surface area is 209 Å². The number of ketones is 1. The van der Waals surface area contributed by atoms with Crippen molar-refractivity contribution in [2.45, 2.75) is 52.2 Å². The van der Waals surface area contributed by atoms with E-state index in [0.717, 1.165) is 25.2 Å². The summed E-state index contributed by atoms with van der Waals surface area (Å²) in [6, 6.07) is 7.21. The zero-order chi connectivity index (χ0) is 25.2. The number of carbonyl (C=O) groups is 2. The van der Waals surface area contributed by atoms with E-state index in [4.69, 9.17) is 16.3 Å². The maximum absolute atomic E-state index is 12.2. The van der Waals surface area contributed by atoms with Crippen LogP contribution in [0.2, 0.25) is 5.15 Å². The second kappa shape index (κ2) is 10.0. The lowest BCUT2D eigenvalue weighted by molar-refractivity contribution is 0.0499. The molecule has 4 heterocycles. The van der Waals surface area contributed by atoms with Crippen LogP contribution >= 0.6 is 11.6 Å². The first-order valence-corrected chi connectivity index (χ1v) is 11.9. The van der Waals surface area contributed by atoms with Gasteiger partial charge in [0.1, 0.15) is 22.1 Å². The summed E-state index contributed by atoms with van der Waals surface area (Å²) in [5.41, 5.74) is 2.27. The highest BCUT2D eigenvalue weighted by molar-refractivity contribution is 6.30. The summed E-state index contributed by atoms with van der Waals surface area (Å²) in [5.74, 6) is 0.670. The molecule has 0 spiro atoms. The van der Waals surface area contributed by atoms with Gasteiger partial charge in [-0.05, 0) is 64.8 Å². The lowest BCUT2D eigenvalue weighted by Crippen LogP contribution is -2.49. The second-order valence-corrected chi connectivity index (χ2v) is 9.95. The molecule has 0 aromatic carbocycles. The van der Waals surface area contributed by atoms with Crippen LogP contribution in [0, 0.1) is 0 Å². The molecule has 1 aliphatic rings. The van der Waals surface area contributed by atoms with Crippen molar-refractivity contribution in [1.82, 2.24) is 20.3 Å². The van der Waals surface area contributed by atoms with Crippen LogP contribution in [0.5, 0.6) is 0 Å². The van der Waals surface area contributed by atoms with E-state index in [2.05, 4.69) is 30.5 Å². The minimum atomic E-state index is -0.536. The van der Waals surface area contributed by atoms with E-state index in [1.165, 1.54) is 13.1 Å². The number of fused-ring (bicyclic) bond motifs is 1. The van der Waals surface area contributed by atoms with Gasteiger partial charge in [-0.1, -0.05) is 11.6 Å². The quantitative estimate of drug-likeness (QED) is 0.370. The number of amides is 1. The summed E-state index contributed by atoms with van der Waals surface area (Å²) >= 11 is 6.10. The molecule has 1 saturated heterocycles. The molecule has 1 fully saturated rings. The molecule has 2 N–H and O–H groups in total. The van der Waals surface area contributed by atoms with Gasteiger partial charge < -0.3 is 20.3 Å². The number of carbonyl (C=O) groups excluding carboxylic acids is 2. The predicted molar refractivity (Wildman–Crippen MR) is 137 cm³/mol. The fourth-order valence-corrected chi connectivity index (χ4v) is 4.15. The Kier molecular flexibility index (Phi) is 7.07. The van der Waals surface area contributed by atoms with Crippen LogP contribution in [0.25, 0.3) is 11.0 Å². The topological polar surface area (TPSA) is 109 Å². The van der Waals surface area contributed by atoms with Gasteiger partial charge in [0.15, 0.2) is 5.78 Å². The number of aromatic nitrogens is 3. The highest BCUT2D eigenvalue weighted by Gasteiger charge is 2.25. The predicted octanol–water partition coefficient (Wildman–Crippen LogP) is 5.12. The number of hydrogen-bond donors (Lipinski definition) is 2. The Morgan fingerprint density at radius 1 is 1.14 bits per heavy atom. The first kappa shape index (κ1) is 24.7. The molecule has 1 unspecified atom stereocenters. The van der Waals surface area contributed by atoms with Crippen molar-refractivity contribution in [3.05, 3.63) is 47.4 Å². The largest absolute Gasteiger partial charge is 0.444 e. The zero-order valence-corrected chi connectivity index (χ0v) is 21.0. The van der Waals surface area contributed by atoms with E-state index < -0.39 is 11.7 Å². The summed E-state index contributed by atoms with van der Waals surface area (Å²) in [7, 11) is 0.